The second kappa shape index (κ2) is 12.5. The molecule has 0 spiro atoms. The van der Waals surface area contributed by atoms with E-state index in [1.54, 1.807) is 49.6 Å². The van der Waals surface area contributed by atoms with Crippen molar-refractivity contribution in [3.8, 4) is 5.75 Å². The van der Waals surface area contributed by atoms with E-state index in [9.17, 15) is 19.5 Å². The number of aryl methyl sites for hydroxylation is 2. The van der Waals surface area contributed by atoms with Crippen molar-refractivity contribution in [2.45, 2.75) is 19.9 Å². The third-order valence-corrected chi connectivity index (χ3v) is 5.93. The number of carbonyl (C=O) groups excluding carboxylic acids is 3. The van der Waals surface area contributed by atoms with Crippen LogP contribution in [0.15, 0.2) is 47.9 Å². The molecule has 188 valence electrons. The summed E-state index contributed by atoms with van der Waals surface area (Å²) in [5.41, 5.74) is 1.93. The average molecular weight is 510 g/mol. The molecule has 1 aromatic carbocycles. The number of amides is 2. The summed E-state index contributed by atoms with van der Waals surface area (Å²) in [6.45, 7) is 3.62. The van der Waals surface area contributed by atoms with Crippen molar-refractivity contribution in [1.29, 1.82) is 0 Å². The number of benzene rings is 1. The minimum atomic E-state index is -1.09. The highest BCUT2D eigenvalue weighted by Crippen LogP contribution is 2.14. The topological polar surface area (TPSA) is 143 Å². The van der Waals surface area contributed by atoms with Crippen LogP contribution in [0.2, 0.25) is 0 Å². The third kappa shape index (κ3) is 7.12. The summed E-state index contributed by atoms with van der Waals surface area (Å²) in [4.78, 5) is 46.6. The van der Waals surface area contributed by atoms with Gasteiger partial charge in [0.05, 0.1) is 28.9 Å². The molecule has 3 rings (SSSR count). The Labute approximate surface area is 212 Å². The summed E-state index contributed by atoms with van der Waals surface area (Å²) >= 11 is 1.27. The molecule has 11 heteroatoms. The van der Waals surface area contributed by atoms with Gasteiger partial charge < -0.3 is 25.8 Å². The Morgan fingerprint density at radius 1 is 1.11 bits per heavy atom. The first-order valence-corrected chi connectivity index (χ1v) is 11.9. The standard InChI is InChI=1S/C25H27N5O5S/c1-15-21(16(2)29-25(28-15)26-11-5-8-17-7-4-9-18(31)13-17)23(33)30-19(24(34)35-3)14-27-22(32)20-10-6-12-36-20/h4-10,12-13,19,31H,11,14H2,1-3H3,(H,27,32)(H,30,33)(H,26,28,29). The molecule has 0 aliphatic carbocycles. The lowest BCUT2D eigenvalue weighted by atomic mass is 10.1. The van der Waals surface area contributed by atoms with E-state index in [0.717, 1.165) is 5.56 Å². The maximum absolute atomic E-state index is 13.0. The van der Waals surface area contributed by atoms with Crippen LogP contribution in [-0.4, -0.2) is 59.1 Å². The summed E-state index contributed by atoms with van der Waals surface area (Å²) < 4.78 is 4.78. The monoisotopic (exact) mass is 509 g/mol. The predicted molar refractivity (Wildman–Crippen MR) is 137 cm³/mol. The molecule has 0 aliphatic rings. The number of carbonyl (C=O) groups is 3. The van der Waals surface area contributed by atoms with Gasteiger partial charge in [0.25, 0.3) is 11.8 Å². The number of hydrogen-bond donors (Lipinski definition) is 4. The number of nitrogens with zero attached hydrogens (tertiary/aromatic N) is 2. The second-order valence-corrected chi connectivity index (χ2v) is 8.66. The zero-order valence-electron chi connectivity index (χ0n) is 20.1. The zero-order chi connectivity index (χ0) is 26.1. The molecule has 4 N–H and O–H groups in total. The Hall–Kier alpha value is -4.25. The van der Waals surface area contributed by atoms with Crippen LogP contribution < -0.4 is 16.0 Å². The predicted octanol–water partition coefficient (Wildman–Crippen LogP) is 2.69. The number of methoxy groups -OCH3 is 1. The first-order valence-electron chi connectivity index (χ1n) is 11.0. The van der Waals surface area contributed by atoms with Gasteiger partial charge >= 0.3 is 5.97 Å². The van der Waals surface area contributed by atoms with E-state index in [-0.39, 0.29) is 23.8 Å². The number of thiophene rings is 1. The molecule has 0 aliphatic heterocycles. The average Bonchev–Trinajstić information content (AvgIpc) is 3.38. The van der Waals surface area contributed by atoms with Crippen LogP contribution in [0.5, 0.6) is 5.75 Å². The van der Waals surface area contributed by atoms with Gasteiger partial charge in [0.1, 0.15) is 11.8 Å². The zero-order valence-corrected chi connectivity index (χ0v) is 20.9. The van der Waals surface area contributed by atoms with Crippen molar-refractivity contribution in [2.75, 3.05) is 25.5 Å². The number of aromatic hydroxyl groups is 1. The van der Waals surface area contributed by atoms with Crippen molar-refractivity contribution >= 4 is 41.1 Å². The van der Waals surface area contributed by atoms with E-state index in [4.69, 9.17) is 4.74 Å². The highest BCUT2D eigenvalue weighted by molar-refractivity contribution is 7.12. The van der Waals surface area contributed by atoms with E-state index >= 15 is 0 Å². The van der Waals surface area contributed by atoms with E-state index in [2.05, 4.69) is 25.9 Å². The lowest BCUT2D eigenvalue weighted by molar-refractivity contribution is -0.142. The van der Waals surface area contributed by atoms with E-state index < -0.39 is 17.9 Å². The number of ether oxygens (including phenoxy) is 1. The SMILES string of the molecule is COC(=O)C(CNC(=O)c1cccs1)NC(=O)c1c(C)nc(NCC=Cc2cccc(O)c2)nc1C. The Morgan fingerprint density at radius 3 is 2.50 bits per heavy atom. The summed E-state index contributed by atoms with van der Waals surface area (Å²) in [5, 5.41) is 19.6. The fourth-order valence-corrected chi connectivity index (χ4v) is 3.99. The molecule has 10 nitrogen and oxygen atoms in total. The molecule has 36 heavy (non-hydrogen) atoms. The van der Waals surface area contributed by atoms with E-state index in [1.165, 1.54) is 18.4 Å². The summed E-state index contributed by atoms with van der Waals surface area (Å²) in [6.07, 6.45) is 3.70. The number of phenolic OH excluding ortho intramolecular Hbond substituents is 1. The van der Waals surface area contributed by atoms with Crippen LogP contribution in [0.1, 0.15) is 37.0 Å². The molecule has 1 atom stereocenters. The fraction of sp³-hybridized carbons (Fsp3) is 0.240. The molecule has 2 amide bonds. The van der Waals surface area contributed by atoms with Gasteiger partial charge in [-0.1, -0.05) is 30.4 Å². The van der Waals surface area contributed by atoms with E-state index in [0.29, 0.717) is 28.8 Å². The highest BCUT2D eigenvalue weighted by atomic mass is 32.1. The quantitative estimate of drug-likeness (QED) is 0.306. The first kappa shape index (κ1) is 26.4. The molecule has 0 fully saturated rings. The minimum Gasteiger partial charge on any atom is -0.508 e. The number of esters is 1. The van der Waals surface area contributed by atoms with Gasteiger partial charge in [0.15, 0.2) is 0 Å². The first-order chi connectivity index (χ1) is 17.3. The van der Waals surface area contributed by atoms with Gasteiger partial charge in [-0.25, -0.2) is 14.8 Å². The van der Waals surface area contributed by atoms with Crippen LogP contribution in [0.25, 0.3) is 6.08 Å². The molecule has 0 saturated carbocycles. The fourth-order valence-electron chi connectivity index (χ4n) is 3.35. The summed E-state index contributed by atoms with van der Waals surface area (Å²) in [7, 11) is 1.21. The third-order valence-electron chi connectivity index (χ3n) is 5.06. The van der Waals surface area contributed by atoms with Gasteiger partial charge in [-0.05, 0) is 43.0 Å². The number of hydrogen-bond acceptors (Lipinski definition) is 9. The smallest absolute Gasteiger partial charge is 0.330 e. The van der Waals surface area contributed by atoms with Gasteiger partial charge in [-0.3, -0.25) is 9.59 Å². The molecular formula is C25H27N5O5S. The van der Waals surface area contributed by atoms with Crippen LogP contribution >= 0.6 is 11.3 Å². The molecule has 0 radical (unpaired) electrons. The number of aromatic nitrogens is 2. The molecule has 2 heterocycles. The second-order valence-electron chi connectivity index (χ2n) is 7.71. The molecule has 0 bridgehead atoms. The van der Waals surface area contributed by atoms with Gasteiger partial charge in [0.2, 0.25) is 5.95 Å². The Morgan fingerprint density at radius 2 is 1.86 bits per heavy atom. The van der Waals surface area contributed by atoms with Crippen molar-refractivity contribution in [3.63, 3.8) is 0 Å². The minimum absolute atomic E-state index is 0.140. The highest BCUT2D eigenvalue weighted by Gasteiger charge is 2.25. The van der Waals surface area contributed by atoms with Crippen LogP contribution in [0, 0.1) is 13.8 Å². The molecular weight excluding hydrogens is 482 g/mol. The molecule has 0 saturated heterocycles. The van der Waals surface area contributed by atoms with Crippen molar-refractivity contribution in [3.05, 3.63) is 75.2 Å². The normalized spacial score (nSPS) is 11.6. The van der Waals surface area contributed by atoms with Gasteiger partial charge in [-0.2, -0.15) is 0 Å². The summed E-state index contributed by atoms with van der Waals surface area (Å²) in [5.74, 6) is -1.07. The van der Waals surface area contributed by atoms with Crippen molar-refractivity contribution in [1.82, 2.24) is 20.6 Å². The lowest BCUT2D eigenvalue weighted by Crippen LogP contribution is -2.49. The number of rotatable bonds is 10. The lowest BCUT2D eigenvalue weighted by Gasteiger charge is -2.18. The number of phenols is 1. The molecule has 2 aromatic heterocycles. The summed E-state index contributed by atoms with van der Waals surface area (Å²) in [6, 6.07) is 9.17. The van der Waals surface area contributed by atoms with E-state index in [1.807, 2.05) is 18.2 Å². The Kier molecular flexibility index (Phi) is 9.12. The van der Waals surface area contributed by atoms with Gasteiger partial charge in [0, 0.05) is 13.1 Å². The van der Waals surface area contributed by atoms with Crippen LogP contribution in [0.4, 0.5) is 5.95 Å². The maximum atomic E-state index is 13.0. The molecule has 3 aromatic rings. The number of nitrogens with one attached hydrogen (secondary N) is 3. The maximum Gasteiger partial charge on any atom is 0.330 e. The van der Waals surface area contributed by atoms with Gasteiger partial charge in [-0.15, -0.1) is 11.3 Å². The molecule has 1 unspecified atom stereocenters. The van der Waals surface area contributed by atoms with Crippen molar-refractivity contribution < 1.29 is 24.2 Å². The van der Waals surface area contributed by atoms with Crippen LogP contribution in [-0.2, 0) is 9.53 Å². The Balaban J connectivity index is 1.63. The van der Waals surface area contributed by atoms with Crippen molar-refractivity contribution in [2.24, 2.45) is 0 Å². The Bertz CT molecular complexity index is 1240. The van der Waals surface area contributed by atoms with Crippen LogP contribution in [0.3, 0.4) is 0 Å². The largest absolute Gasteiger partial charge is 0.508 e. The number of anilines is 1.